The molecule has 2 heterocycles. The number of aryl methyl sites for hydroxylation is 1. The van der Waals surface area contributed by atoms with Gasteiger partial charge in [0.1, 0.15) is 18.7 Å². The molecule has 0 N–H and O–H groups in total. The summed E-state index contributed by atoms with van der Waals surface area (Å²) >= 11 is 0. The van der Waals surface area contributed by atoms with Crippen LogP contribution in [0.1, 0.15) is 11.1 Å². The van der Waals surface area contributed by atoms with Crippen molar-refractivity contribution < 1.29 is 9.53 Å². The molecule has 0 unspecified atom stereocenters. The van der Waals surface area contributed by atoms with E-state index in [0.29, 0.717) is 5.65 Å². The molecule has 5 heteroatoms. The van der Waals surface area contributed by atoms with Gasteiger partial charge in [-0.2, -0.15) is 0 Å². The molecule has 3 aromatic carbocycles. The van der Waals surface area contributed by atoms with Crippen molar-refractivity contribution in [2.45, 2.75) is 20.1 Å². The number of carbonyl (C=O) groups excluding carboxylic acids is 1. The van der Waals surface area contributed by atoms with Crippen LogP contribution in [0, 0.1) is 6.92 Å². The number of rotatable bonds is 4. The van der Waals surface area contributed by atoms with E-state index >= 15 is 0 Å². The van der Waals surface area contributed by atoms with Crippen LogP contribution in [0.15, 0.2) is 72.8 Å². The van der Waals surface area contributed by atoms with Crippen LogP contribution < -0.4 is 0 Å². The zero-order chi connectivity index (χ0) is 19.8. The number of para-hydroxylation sites is 2. The highest BCUT2D eigenvalue weighted by Gasteiger charge is 2.17. The first-order valence-corrected chi connectivity index (χ1v) is 9.54. The smallest absolute Gasteiger partial charge is 0.326 e. The Morgan fingerprint density at radius 3 is 2.45 bits per heavy atom. The quantitative estimate of drug-likeness (QED) is 0.420. The molecule has 0 spiro atoms. The Bertz CT molecular complexity index is 1360. The fraction of sp³-hybridized carbons (Fsp3) is 0.125. The molecular formula is C24H19N3O2. The molecule has 0 saturated heterocycles. The molecule has 0 bridgehead atoms. The SMILES string of the molecule is Cc1ccc2c(c1)c1nc3ccccc3nc1n2CC(=O)OCc1ccccc1. The summed E-state index contributed by atoms with van der Waals surface area (Å²) in [6.07, 6.45) is 0. The van der Waals surface area contributed by atoms with Crippen LogP contribution in [0.2, 0.25) is 0 Å². The molecular weight excluding hydrogens is 362 g/mol. The van der Waals surface area contributed by atoms with Crippen molar-refractivity contribution in [1.29, 1.82) is 0 Å². The number of hydrogen-bond donors (Lipinski definition) is 0. The minimum Gasteiger partial charge on any atom is -0.459 e. The van der Waals surface area contributed by atoms with Gasteiger partial charge < -0.3 is 9.30 Å². The highest BCUT2D eigenvalue weighted by molar-refractivity contribution is 6.07. The van der Waals surface area contributed by atoms with Crippen LogP contribution in [-0.2, 0) is 22.7 Å². The fourth-order valence-electron chi connectivity index (χ4n) is 3.62. The van der Waals surface area contributed by atoms with Gasteiger partial charge >= 0.3 is 5.97 Å². The third kappa shape index (κ3) is 3.21. The fourth-order valence-corrected chi connectivity index (χ4v) is 3.62. The number of carbonyl (C=O) groups is 1. The number of fused-ring (bicyclic) bond motifs is 4. The third-order valence-electron chi connectivity index (χ3n) is 5.04. The predicted octanol–water partition coefficient (Wildman–Crippen LogP) is 4.79. The zero-order valence-corrected chi connectivity index (χ0v) is 16.0. The first kappa shape index (κ1) is 17.4. The minimum atomic E-state index is -0.303. The van der Waals surface area contributed by atoms with Crippen molar-refractivity contribution in [1.82, 2.24) is 14.5 Å². The van der Waals surface area contributed by atoms with Crippen molar-refractivity contribution >= 4 is 39.1 Å². The summed E-state index contributed by atoms with van der Waals surface area (Å²) in [5, 5.41) is 0.995. The molecule has 0 fully saturated rings. The van der Waals surface area contributed by atoms with Crippen molar-refractivity contribution in [2.75, 3.05) is 0 Å². The second-order valence-electron chi connectivity index (χ2n) is 7.14. The number of esters is 1. The molecule has 0 atom stereocenters. The van der Waals surface area contributed by atoms with E-state index in [-0.39, 0.29) is 19.1 Å². The van der Waals surface area contributed by atoms with Crippen LogP contribution in [0.5, 0.6) is 0 Å². The third-order valence-corrected chi connectivity index (χ3v) is 5.04. The van der Waals surface area contributed by atoms with Crippen molar-refractivity contribution in [3.63, 3.8) is 0 Å². The summed E-state index contributed by atoms with van der Waals surface area (Å²) in [6, 6.07) is 23.6. The molecule has 142 valence electrons. The first-order chi connectivity index (χ1) is 14.2. The second-order valence-corrected chi connectivity index (χ2v) is 7.14. The number of benzene rings is 3. The minimum absolute atomic E-state index is 0.0862. The summed E-state index contributed by atoms with van der Waals surface area (Å²) in [4.78, 5) is 22.3. The van der Waals surface area contributed by atoms with E-state index in [0.717, 1.165) is 38.6 Å². The molecule has 0 aliphatic carbocycles. The van der Waals surface area contributed by atoms with E-state index in [1.807, 2.05) is 78.2 Å². The van der Waals surface area contributed by atoms with E-state index in [1.165, 1.54) is 0 Å². The van der Waals surface area contributed by atoms with Gasteiger partial charge in [-0.1, -0.05) is 54.1 Å². The van der Waals surface area contributed by atoms with Crippen molar-refractivity contribution in [2.24, 2.45) is 0 Å². The van der Waals surface area contributed by atoms with Gasteiger partial charge in [0, 0.05) is 5.39 Å². The Labute approximate surface area is 167 Å². The van der Waals surface area contributed by atoms with Gasteiger partial charge in [0.2, 0.25) is 0 Å². The maximum Gasteiger partial charge on any atom is 0.326 e. The van der Waals surface area contributed by atoms with E-state index in [4.69, 9.17) is 14.7 Å². The van der Waals surface area contributed by atoms with Crippen LogP contribution in [0.4, 0.5) is 0 Å². The van der Waals surface area contributed by atoms with Crippen LogP contribution >= 0.6 is 0 Å². The molecule has 5 aromatic rings. The second kappa shape index (κ2) is 7.02. The standard InChI is InChI=1S/C24H19N3O2/c1-16-11-12-21-18(13-16)23-24(26-20-10-6-5-9-19(20)25-23)27(21)14-22(28)29-15-17-7-3-2-4-8-17/h2-13H,14-15H2,1H3. The predicted molar refractivity (Wildman–Crippen MR) is 114 cm³/mol. The molecule has 0 aliphatic heterocycles. The van der Waals surface area contributed by atoms with E-state index in [2.05, 4.69) is 6.07 Å². The van der Waals surface area contributed by atoms with Gasteiger partial charge in [-0.15, -0.1) is 0 Å². The Morgan fingerprint density at radius 1 is 0.931 bits per heavy atom. The van der Waals surface area contributed by atoms with Crippen LogP contribution in [0.25, 0.3) is 33.1 Å². The van der Waals surface area contributed by atoms with Crippen molar-refractivity contribution in [3.8, 4) is 0 Å². The monoisotopic (exact) mass is 381 g/mol. The molecule has 0 saturated carbocycles. The molecule has 29 heavy (non-hydrogen) atoms. The van der Waals surface area contributed by atoms with Gasteiger partial charge in [0.05, 0.1) is 16.6 Å². The topological polar surface area (TPSA) is 57.0 Å². The molecule has 5 nitrogen and oxygen atoms in total. The Kier molecular flexibility index (Phi) is 4.21. The Hall–Kier alpha value is -3.73. The van der Waals surface area contributed by atoms with Crippen LogP contribution in [0.3, 0.4) is 0 Å². The summed E-state index contributed by atoms with van der Waals surface area (Å²) in [7, 11) is 0. The number of ether oxygens (including phenoxy) is 1. The normalized spacial score (nSPS) is 11.3. The lowest BCUT2D eigenvalue weighted by Gasteiger charge is -2.08. The number of aromatic nitrogens is 3. The van der Waals surface area contributed by atoms with Gasteiger partial charge in [-0.25, -0.2) is 9.97 Å². The average molecular weight is 381 g/mol. The van der Waals surface area contributed by atoms with Gasteiger partial charge in [0.25, 0.3) is 0 Å². The Balaban J connectivity index is 1.57. The summed E-state index contributed by atoms with van der Waals surface area (Å²) in [6.45, 7) is 2.39. The lowest BCUT2D eigenvalue weighted by Crippen LogP contribution is -2.14. The number of nitrogens with zero attached hydrogens (tertiary/aromatic N) is 3. The van der Waals surface area contributed by atoms with E-state index in [9.17, 15) is 4.79 Å². The lowest BCUT2D eigenvalue weighted by atomic mass is 10.1. The van der Waals surface area contributed by atoms with E-state index < -0.39 is 0 Å². The average Bonchev–Trinajstić information content (AvgIpc) is 3.03. The first-order valence-electron chi connectivity index (χ1n) is 9.54. The molecule has 0 amide bonds. The maximum atomic E-state index is 12.6. The van der Waals surface area contributed by atoms with Gasteiger partial charge in [-0.05, 0) is 36.8 Å². The largest absolute Gasteiger partial charge is 0.459 e. The lowest BCUT2D eigenvalue weighted by molar-refractivity contribution is -0.145. The molecule has 0 aliphatic rings. The highest BCUT2D eigenvalue weighted by atomic mass is 16.5. The zero-order valence-electron chi connectivity index (χ0n) is 16.0. The van der Waals surface area contributed by atoms with Gasteiger partial charge in [-0.3, -0.25) is 4.79 Å². The summed E-state index contributed by atoms with van der Waals surface area (Å²) < 4.78 is 7.40. The number of hydrogen-bond acceptors (Lipinski definition) is 4. The molecule has 2 aromatic heterocycles. The highest BCUT2D eigenvalue weighted by Crippen LogP contribution is 2.29. The maximum absolute atomic E-state index is 12.6. The summed E-state index contributed by atoms with van der Waals surface area (Å²) in [5.41, 5.74) is 6.17. The van der Waals surface area contributed by atoms with Gasteiger partial charge in [0.15, 0.2) is 5.65 Å². The molecule has 0 radical (unpaired) electrons. The summed E-state index contributed by atoms with van der Waals surface area (Å²) in [5.74, 6) is -0.303. The Morgan fingerprint density at radius 2 is 1.66 bits per heavy atom. The van der Waals surface area contributed by atoms with Crippen LogP contribution in [-0.4, -0.2) is 20.5 Å². The van der Waals surface area contributed by atoms with E-state index in [1.54, 1.807) is 0 Å². The van der Waals surface area contributed by atoms with Crippen molar-refractivity contribution in [3.05, 3.63) is 83.9 Å². The molecule has 5 rings (SSSR count).